The van der Waals surface area contributed by atoms with E-state index in [2.05, 4.69) is 14.8 Å². The van der Waals surface area contributed by atoms with Crippen LogP contribution in [0.2, 0.25) is 0 Å². The molecule has 0 radical (unpaired) electrons. The standard InChI is InChI=1S/C21H16O7.C9H17NO2.C2H7N.C2H6O.C2H6/c22-10-26-9-18(24)13-1-3-15-14(5-13)8-27-20-7-16-12(6-17(15)20)2-4-19(21(16)25)28-11-23;1-9(2,3)12-8(11)10-6-4-5-7-10;2*1-3-2;1-2/h1,3,5-7,10-11,19H,2,4,8-9H2;4-7H2,1-3H3;3H,1-2H3;1-2H3;1-2H3. The Bertz CT molecular complexity index is 1350. The Morgan fingerprint density at radius 1 is 0.958 bits per heavy atom. The monoisotopic (exact) mass is 672 g/mol. The topological polar surface area (TPSA) is 147 Å². The number of Topliss-reactive ketones (excluding diaryl/α,β-unsaturated/α-hetero) is 2. The van der Waals surface area contributed by atoms with Crippen molar-refractivity contribution < 1.29 is 47.7 Å². The van der Waals surface area contributed by atoms with Gasteiger partial charge in [0, 0.05) is 44.0 Å². The molecule has 1 unspecified atom stereocenters. The first-order chi connectivity index (χ1) is 22.9. The molecule has 3 aliphatic rings. The minimum absolute atomic E-state index is 0.167. The summed E-state index contributed by atoms with van der Waals surface area (Å²) in [4.78, 5) is 58.6. The molecule has 1 saturated heterocycles. The van der Waals surface area contributed by atoms with Gasteiger partial charge in [0.2, 0.25) is 5.78 Å². The van der Waals surface area contributed by atoms with Crippen molar-refractivity contribution in [3.05, 3.63) is 52.6 Å². The van der Waals surface area contributed by atoms with Crippen molar-refractivity contribution in [2.75, 3.05) is 48.0 Å². The molecule has 266 valence electrons. The summed E-state index contributed by atoms with van der Waals surface area (Å²) in [6.07, 6.45) is 2.36. The second-order valence-electron chi connectivity index (χ2n) is 11.7. The van der Waals surface area contributed by atoms with Gasteiger partial charge in [-0.1, -0.05) is 26.0 Å². The number of ether oxygens (including phenoxy) is 5. The van der Waals surface area contributed by atoms with Crippen LogP contribution in [-0.2, 0) is 41.6 Å². The molecule has 1 atom stereocenters. The van der Waals surface area contributed by atoms with E-state index in [1.165, 1.54) is 0 Å². The third-order valence-electron chi connectivity index (χ3n) is 6.80. The predicted octanol–water partition coefficient (Wildman–Crippen LogP) is 5.41. The maximum atomic E-state index is 12.5. The van der Waals surface area contributed by atoms with E-state index in [0.717, 1.165) is 48.2 Å². The van der Waals surface area contributed by atoms with Crippen molar-refractivity contribution in [3.8, 4) is 16.9 Å². The van der Waals surface area contributed by atoms with Crippen LogP contribution in [0.4, 0.5) is 4.79 Å². The van der Waals surface area contributed by atoms with E-state index in [9.17, 15) is 24.0 Å². The number of aryl methyl sites for hydroxylation is 1. The molecule has 2 heterocycles. The number of methoxy groups -OCH3 is 1. The Balaban J connectivity index is 0.000000479. The molecule has 5 rings (SSSR count). The van der Waals surface area contributed by atoms with Crippen molar-refractivity contribution >= 4 is 30.6 Å². The first-order valence-electron chi connectivity index (χ1n) is 16.1. The highest BCUT2D eigenvalue weighted by molar-refractivity contribution is 6.03. The van der Waals surface area contributed by atoms with Crippen LogP contribution < -0.4 is 10.1 Å². The highest BCUT2D eigenvalue weighted by Gasteiger charge is 2.31. The second kappa shape index (κ2) is 21.6. The van der Waals surface area contributed by atoms with Crippen molar-refractivity contribution in [2.45, 2.75) is 78.6 Å². The van der Waals surface area contributed by atoms with E-state index < -0.39 is 6.10 Å². The number of ketones is 2. The van der Waals surface area contributed by atoms with E-state index in [0.29, 0.717) is 36.2 Å². The molecule has 2 aromatic rings. The molecule has 1 aliphatic carbocycles. The molecular weight excluding hydrogens is 620 g/mol. The highest BCUT2D eigenvalue weighted by Crippen LogP contribution is 2.41. The summed E-state index contributed by atoms with van der Waals surface area (Å²) < 4.78 is 24.7. The van der Waals surface area contributed by atoms with Gasteiger partial charge in [0.15, 0.2) is 18.5 Å². The number of hydrogen-bond donors (Lipinski definition) is 1. The number of benzene rings is 2. The van der Waals surface area contributed by atoms with Crippen molar-refractivity contribution in [3.63, 3.8) is 0 Å². The molecule has 1 amide bonds. The quantitative estimate of drug-likeness (QED) is 0.239. The van der Waals surface area contributed by atoms with E-state index in [-0.39, 0.29) is 42.9 Å². The summed E-state index contributed by atoms with van der Waals surface area (Å²) in [5.74, 6) is 0.0642. The number of carbonyl (C=O) groups excluding carboxylic acids is 5. The van der Waals surface area contributed by atoms with Crippen LogP contribution in [0.15, 0.2) is 30.3 Å². The summed E-state index contributed by atoms with van der Waals surface area (Å²) in [7, 11) is 7.00. The maximum absolute atomic E-state index is 12.5. The summed E-state index contributed by atoms with van der Waals surface area (Å²) in [5.41, 5.74) is 4.09. The van der Waals surface area contributed by atoms with Gasteiger partial charge < -0.3 is 33.9 Å². The Morgan fingerprint density at radius 2 is 1.58 bits per heavy atom. The Labute approximate surface area is 284 Å². The lowest BCUT2D eigenvalue weighted by atomic mass is 9.84. The Morgan fingerprint density at radius 3 is 2.15 bits per heavy atom. The number of nitrogens with one attached hydrogen (secondary N) is 1. The molecule has 48 heavy (non-hydrogen) atoms. The number of amides is 1. The fourth-order valence-corrected chi connectivity index (χ4v) is 4.90. The molecule has 12 heteroatoms. The van der Waals surface area contributed by atoms with Crippen LogP contribution in [0.25, 0.3) is 11.1 Å². The van der Waals surface area contributed by atoms with Crippen LogP contribution in [0, 0.1) is 0 Å². The molecule has 12 nitrogen and oxygen atoms in total. The smallest absolute Gasteiger partial charge is 0.410 e. The normalized spacial score (nSPS) is 15.1. The summed E-state index contributed by atoms with van der Waals surface area (Å²) in [6.45, 7) is 11.9. The summed E-state index contributed by atoms with van der Waals surface area (Å²) in [5, 5.41) is 2.75. The second-order valence-corrected chi connectivity index (χ2v) is 11.7. The van der Waals surface area contributed by atoms with E-state index in [1.54, 1.807) is 37.3 Å². The highest BCUT2D eigenvalue weighted by atomic mass is 16.6. The number of hydrogen-bond acceptors (Lipinski definition) is 11. The van der Waals surface area contributed by atoms with Gasteiger partial charge in [-0.15, -0.1) is 0 Å². The lowest BCUT2D eigenvalue weighted by Gasteiger charge is -2.27. The number of fused-ring (bicyclic) bond motifs is 4. The minimum Gasteiger partial charge on any atom is -0.488 e. The summed E-state index contributed by atoms with van der Waals surface area (Å²) >= 11 is 0. The molecule has 0 saturated carbocycles. The zero-order valence-electron chi connectivity index (χ0n) is 29.8. The average molecular weight is 673 g/mol. The predicted molar refractivity (Wildman–Crippen MR) is 182 cm³/mol. The summed E-state index contributed by atoms with van der Waals surface area (Å²) in [6, 6.07) is 8.87. The van der Waals surface area contributed by atoms with E-state index in [4.69, 9.17) is 14.2 Å². The van der Waals surface area contributed by atoms with E-state index in [1.807, 2.05) is 60.8 Å². The fraction of sp³-hybridized carbons (Fsp3) is 0.528. The first kappa shape index (κ1) is 41.7. The van der Waals surface area contributed by atoms with Gasteiger partial charge in [-0.2, -0.15) is 0 Å². The Kier molecular flexibility index (Phi) is 18.7. The molecule has 0 aromatic heterocycles. The van der Waals surface area contributed by atoms with Crippen LogP contribution in [0.5, 0.6) is 5.75 Å². The number of likely N-dealkylation sites (tertiary alicyclic amines) is 1. The maximum Gasteiger partial charge on any atom is 0.410 e. The van der Waals surface area contributed by atoms with E-state index >= 15 is 0 Å². The lowest BCUT2D eigenvalue weighted by Crippen LogP contribution is -2.34. The molecular formula is C36H52N2O10. The zero-order chi connectivity index (χ0) is 36.3. The minimum atomic E-state index is -0.749. The average Bonchev–Trinajstić information content (AvgIpc) is 3.61. The third kappa shape index (κ3) is 12.7. The van der Waals surface area contributed by atoms with Crippen molar-refractivity contribution in [2.24, 2.45) is 0 Å². The third-order valence-corrected chi connectivity index (χ3v) is 6.80. The van der Waals surface area contributed by atoms with Crippen LogP contribution >= 0.6 is 0 Å². The Hall–Kier alpha value is -4.29. The lowest BCUT2D eigenvalue weighted by molar-refractivity contribution is -0.132. The van der Waals surface area contributed by atoms with Gasteiger partial charge >= 0.3 is 6.09 Å². The molecule has 2 aromatic carbocycles. The molecule has 0 spiro atoms. The largest absolute Gasteiger partial charge is 0.488 e. The van der Waals surface area contributed by atoms with Crippen molar-refractivity contribution in [1.82, 2.24) is 10.2 Å². The van der Waals surface area contributed by atoms with Gasteiger partial charge in [-0.3, -0.25) is 19.2 Å². The van der Waals surface area contributed by atoms with Crippen LogP contribution in [-0.4, -0.2) is 95.2 Å². The molecule has 0 bridgehead atoms. The van der Waals surface area contributed by atoms with Crippen molar-refractivity contribution in [1.29, 1.82) is 0 Å². The SMILES string of the molecule is CC.CC(C)(C)OC(=O)N1CCCC1.CNC.COC.O=COCC(=O)c1ccc2c(c1)COc1cc3c(cc1-2)CCC(OC=O)C3=O. The van der Waals surface area contributed by atoms with Gasteiger partial charge in [-0.25, -0.2) is 4.79 Å². The van der Waals surface area contributed by atoms with Gasteiger partial charge in [-0.05, 0) is 95.4 Å². The molecule has 1 N–H and O–H groups in total. The van der Waals surface area contributed by atoms with Gasteiger partial charge in [0.1, 0.15) is 18.0 Å². The fourth-order valence-electron chi connectivity index (χ4n) is 4.90. The zero-order valence-corrected chi connectivity index (χ0v) is 29.8. The van der Waals surface area contributed by atoms with Crippen LogP contribution in [0.1, 0.15) is 85.7 Å². The first-order valence-corrected chi connectivity index (χ1v) is 16.1. The molecule has 1 fully saturated rings. The van der Waals surface area contributed by atoms with Crippen LogP contribution in [0.3, 0.4) is 0 Å². The molecule has 2 aliphatic heterocycles. The van der Waals surface area contributed by atoms with Gasteiger partial charge in [0.25, 0.3) is 12.9 Å². The number of nitrogens with zero attached hydrogens (tertiary/aromatic N) is 1. The number of carbonyl (C=O) groups is 5. The van der Waals surface area contributed by atoms with Gasteiger partial charge in [0.05, 0.1) is 0 Å². The number of rotatable bonds is 6.